The number of aromatic nitrogens is 1. The van der Waals surface area contributed by atoms with Crippen LogP contribution in [0.4, 0.5) is 5.82 Å². The zero-order chi connectivity index (χ0) is 11.0. The molecule has 0 aliphatic rings. The van der Waals surface area contributed by atoms with Gasteiger partial charge in [-0.15, -0.1) is 0 Å². The maximum atomic E-state index is 4.62. The van der Waals surface area contributed by atoms with Gasteiger partial charge in [0.2, 0.25) is 0 Å². The zero-order valence-corrected chi connectivity index (χ0v) is 9.68. The predicted molar refractivity (Wildman–Crippen MR) is 65.5 cm³/mol. The summed E-state index contributed by atoms with van der Waals surface area (Å²) >= 11 is 0. The van der Waals surface area contributed by atoms with Crippen molar-refractivity contribution in [2.45, 2.75) is 20.8 Å². The number of nitrogens with zero attached hydrogens (tertiary/aromatic N) is 1. The predicted octanol–water partition coefficient (Wildman–Crippen LogP) is 3.20. The summed E-state index contributed by atoms with van der Waals surface area (Å²) in [5.41, 5.74) is 4.81. The molecule has 0 atom stereocenters. The van der Waals surface area contributed by atoms with Crippen molar-refractivity contribution in [1.29, 1.82) is 0 Å². The Morgan fingerprint density at radius 1 is 1.00 bits per heavy atom. The van der Waals surface area contributed by atoms with Crippen LogP contribution in [0.3, 0.4) is 0 Å². The molecule has 0 unspecified atom stereocenters. The van der Waals surface area contributed by atoms with Gasteiger partial charge in [-0.25, -0.2) is 4.98 Å². The highest BCUT2D eigenvalue weighted by atomic mass is 15.0. The van der Waals surface area contributed by atoms with E-state index in [0.717, 1.165) is 11.3 Å². The molecule has 0 radical (unpaired) electrons. The lowest BCUT2D eigenvalue weighted by molar-refractivity contribution is 1.27. The first-order valence-corrected chi connectivity index (χ1v) is 5.18. The Labute approximate surface area is 90.3 Å². The fourth-order valence-electron chi connectivity index (χ4n) is 2.01. The second kappa shape index (κ2) is 3.54. The minimum absolute atomic E-state index is 0.967. The smallest absolute Gasteiger partial charge is 0.129 e. The first-order chi connectivity index (χ1) is 7.11. The van der Waals surface area contributed by atoms with Crippen LogP contribution in [0.5, 0.6) is 0 Å². The minimum Gasteiger partial charge on any atom is -0.373 e. The van der Waals surface area contributed by atoms with E-state index in [-0.39, 0.29) is 0 Å². The van der Waals surface area contributed by atoms with Crippen LogP contribution in [0.15, 0.2) is 18.2 Å². The molecule has 78 valence electrons. The van der Waals surface area contributed by atoms with E-state index in [1.54, 1.807) is 0 Å². The third kappa shape index (κ3) is 1.67. The van der Waals surface area contributed by atoms with Crippen LogP contribution in [-0.2, 0) is 0 Å². The molecule has 2 heteroatoms. The van der Waals surface area contributed by atoms with Gasteiger partial charge in [0.05, 0.1) is 5.52 Å². The van der Waals surface area contributed by atoms with E-state index in [1.165, 1.54) is 22.1 Å². The summed E-state index contributed by atoms with van der Waals surface area (Å²) in [4.78, 5) is 4.62. The molecular weight excluding hydrogens is 184 g/mol. The Kier molecular flexibility index (Phi) is 2.35. The lowest BCUT2D eigenvalue weighted by atomic mass is 10.1. The van der Waals surface area contributed by atoms with Crippen LogP contribution < -0.4 is 5.32 Å². The third-order valence-corrected chi connectivity index (χ3v) is 2.68. The maximum Gasteiger partial charge on any atom is 0.129 e. The summed E-state index contributed by atoms with van der Waals surface area (Å²) in [6.45, 7) is 6.31. The first-order valence-electron chi connectivity index (χ1n) is 5.18. The van der Waals surface area contributed by atoms with Crippen LogP contribution in [-0.4, -0.2) is 12.0 Å². The molecule has 0 aliphatic carbocycles. The van der Waals surface area contributed by atoms with E-state index in [0.29, 0.717) is 0 Å². The van der Waals surface area contributed by atoms with Crippen LogP contribution in [0, 0.1) is 20.8 Å². The van der Waals surface area contributed by atoms with Crippen molar-refractivity contribution in [2.24, 2.45) is 0 Å². The highest BCUT2D eigenvalue weighted by molar-refractivity contribution is 5.85. The SMILES string of the molecule is CNc1nc2c(C)cc(C)cc2cc1C. The maximum absolute atomic E-state index is 4.62. The fourth-order valence-corrected chi connectivity index (χ4v) is 2.01. The Balaban J connectivity index is 2.81. The van der Waals surface area contributed by atoms with Crippen LogP contribution in [0.2, 0.25) is 0 Å². The van der Waals surface area contributed by atoms with Gasteiger partial charge in [0.1, 0.15) is 5.82 Å². The van der Waals surface area contributed by atoms with Gasteiger partial charge in [0.25, 0.3) is 0 Å². The summed E-state index contributed by atoms with van der Waals surface area (Å²) in [5, 5.41) is 4.34. The topological polar surface area (TPSA) is 24.9 Å². The second-order valence-electron chi connectivity index (χ2n) is 4.06. The van der Waals surface area contributed by atoms with Gasteiger partial charge >= 0.3 is 0 Å². The molecule has 1 heterocycles. The van der Waals surface area contributed by atoms with Crippen molar-refractivity contribution >= 4 is 16.7 Å². The quantitative estimate of drug-likeness (QED) is 0.764. The molecule has 0 amide bonds. The standard InChI is InChI=1S/C13H16N2/c1-8-5-9(2)12-11(6-8)7-10(3)13(14-4)15-12/h5-7H,1-4H3,(H,14,15). The minimum atomic E-state index is 0.967. The Bertz CT molecular complexity index is 515. The fraction of sp³-hybridized carbons (Fsp3) is 0.308. The van der Waals surface area contributed by atoms with E-state index < -0.39 is 0 Å². The summed E-state index contributed by atoms with van der Waals surface area (Å²) in [6.07, 6.45) is 0. The van der Waals surface area contributed by atoms with Gasteiger partial charge in [-0.2, -0.15) is 0 Å². The van der Waals surface area contributed by atoms with E-state index in [9.17, 15) is 0 Å². The highest BCUT2D eigenvalue weighted by Gasteiger charge is 2.04. The lowest BCUT2D eigenvalue weighted by Gasteiger charge is -2.09. The van der Waals surface area contributed by atoms with Gasteiger partial charge in [-0.3, -0.25) is 0 Å². The monoisotopic (exact) mass is 200 g/mol. The van der Waals surface area contributed by atoms with Crippen LogP contribution >= 0.6 is 0 Å². The summed E-state index contributed by atoms with van der Waals surface area (Å²) in [6, 6.07) is 6.54. The molecule has 0 saturated heterocycles. The van der Waals surface area contributed by atoms with Crippen molar-refractivity contribution < 1.29 is 0 Å². The number of pyridine rings is 1. The average molecular weight is 200 g/mol. The largest absolute Gasteiger partial charge is 0.373 e. The van der Waals surface area contributed by atoms with Crippen LogP contribution in [0.25, 0.3) is 10.9 Å². The average Bonchev–Trinajstić information content (AvgIpc) is 2.16. The molecule has 1 aromatic heterocycles. The van der Waals surface area contributed by atoms with Gasteiger partial charge in [-0.1, -0.05) is 11.6 Å². The summed E-state index contributed by atoms with van der Waals surface area (Å²) in [7, 11) is 1.91. The molecule has 0 bridgehead atoms. The number of rotatable bonds is 1. The van der Waals surface area contributed by atoms with Gasteiger partial charge < -0.3 is 5.32 Å². The number of hydrogen-bond acceptors (Lipinski definition) is 2. The van der Waals surface area contributed by atoms with E-state index in [2.05, 4.69) is 49.3 Å². The summed E-state index contributed by atoms with van der Waals surface area (Å²) < 4.78 is 0. The Morgan fingerprint density at radius 3 is 2.40 bits per heavy atom. The van der Waals surface area contributed by atoms with Crippen molar-refractivity contribution in [3.05, 3.63) is 34.9 Å². The molecular formula is C13H16N2. The molecule has 0 spiro atoms. The molecule has 2 rings (SSSR count). The zero-order valence-electron chi connectivity index (χ0n) is 9.68. The highest BCUT2D eigenvalue weighted by Crippen LogP contribution is 2.23. The first kappa shape index (κ1) is 9.97. The van der Waals surface area contributed by atoms with Gasteiger partial charge in [-0.05, 0) is 44.0 Å². The summed E-state index contributed by atoms with van der Waals surface area (Å²) in [5.74, 6) is 0.967. The Hall–Kier alpha value is -1.57. The van der Waals surface area contributed by atoms with E-state index >= 15 is 0 Å². The number of nitrogens with one attached hydrogen (secondary N) is 1. The van der Waals surface area contributed by atoms with Crippen molar-refractivity contribution in [2.75, 3.05) is 12.4 Å². The molecule has 1 N–H and O–H groups in total. The van der Waals surface area contributed by atoms with Crippen molar-refractivity contribution in [3.8, 4) is 0 Å². The molecule has 15 heavy (non-hydrogen) atoms. The van der Waals surface area contributed by atoms with Crippen LogP contribution in [0.1, 0.15) is 16.7 Å². The molecule has 0 aliphatic heterocycles. The second-order valence-corrected chi connectivity index (χ2v) is 4.06. The van der Waals surface area contributed by atoms with Crippen molar-refractivity contribution in [3.63, 3.8) is 0 Å². The number of hydrogen-bond donors (Lipinski definition) is 1. The normalized spacial score (nSPS) is 10.7. The molecule has 2 aromatic rings. The number of aryl methyl sites for hydroxylation is 3. The number of benzene rings is 1. The Morgan fingerprint density at radius 2 is 1.73 bits per heavy atom. The lowest BCUT2D eigenvalue weighted by Crippen LogP contribution is -1.97. The number of fused-ring (bicyclic) bond motifs is 1. The third-order valence-electron chi connectivity index (χ3n) is 2.68. The van der Waals surface area contributed by atoms with Crippen molar-refractivity contribution in [1.82, 2.24) is 4.98 Å². The van der Waals surface area contributed by atoms with E-state index in [1.807, 2.05) is 7.05 Å². The number of anilines is 1. The molecule has 2 nitrogen and oxygen atoms in total. The molecule has 0 fully saturated rings. The molecule has 0 saturated carbocycles. The van der Waals surface area contributed by atoms with E-state index in [4.69, 9.17) is 0 Å². The van der Waals surface area contributed by atoms with Gasteiger partial charge in [0.15, 0.2) is 0 Å². The van der Waals surface area contributed by atoms with Gasteiger partial charge in [0, 0.05) is 12.4 Å². The molecule has 1 aromatic carbocycles.